The molecule has 1 saturated heterocycles. The number of pyridine rings is 1. The van der Waals surface area contributed by atoms with Crippen molar-refractivity contribution in [3.05, 3.63) is 23.5 Å². The number of morpholine rings is 1. The predicted molar refractivity (Wildman–Crippen MR) is 76.3 cm³/mol. The fraction of sp³-hybridized carbons (Fsp3) is 0.583. The topological polar surface area (TPSA) is 71.5 Å². The number of halogens is 1. The molecule has 2 heterocycles. The molecule has 6 nitrogen and oxygen atoms in total. The van der Waals surface area contributed by atoms with E-state index in [-0.39, 0.29) is 10.0 Å². The van der Waals surface area contributed by atoms with Crippen LogP contribution in [0.5, 0.6) is 0 Å². The molecule has 0 spiro atoms. The number of rotatable bonds is 6. The van der Waals surface area contributed by atoms with Crippen molar-refractivity contribution in [1.29, 1.82) is 0 Å². The summed E-state index contributed by atoms with van der Waals surface area (Å²) in [7, 11) is -3.49. The maximum Gasteiger partial charge on any atom is 0.242 e. The minimum Gasteiger partial charge on any atom is -0.379 e. The number of hydrogen-bond donors (Lipinski definition) is 1. The Morgan fingerprint density at radius 2 is 2.10 bits per heavy atom. The first-order chi connectivity index (χ1) is 9.58. The van der Waals surface area contributed by atoms with Crippen LogP contribution >= 0.6 is 11.6 Å². The molecule has 0 radical (unpaired) electrons. The molecule has 1 aliphatic rings. The van der Waals surface area contributed by atoms with Crippen LogP contribution in [0.2, 0.25) is 5.15 Å². The van der Waals surface area contributed by atoms with Gasteiger partial charge in [-0.25, -0.2) is 18.1 Å². The molecule has 1 N–H and O–H groups in total. The highest BCUT2D eigenvalue weighted by Crippen LogP contribution is 2.10. The molecule has 112 valence electrons. The molecule has 0 aromatic carbocycles. The number of hydrogen-bond acceptors (Lipinski definition) is 5. The molecule has 0 amide bonds. The van der Waals surface area contributed by atoms with Crippen molar-refractivity contribution in [3.8, 4) is 0 Å². The van der Waals surface area contributed by atoms with Crippen LogP contribution in [-0.4, -0.2) is 57.7 Å². The van der Waals surface area contributed by atoms with Crippen molar-refractivity contribution in [2.45, 2.75) is 11.3 Å². The summed E-state index contributed by atoms with van der Waals surface area (Å²) in [6.45, 7) is 4.60. The Hall–Kier alpha value is -0.730. The van der Waals surface area contributed by atoms with Gasteiger partial charge in [0.2, 0.25) is 10.0 Å². The summed E-state index contributed by atoms with van der Waals surface area (Å²) in [5.41, 5.74) is 0. The summed E-state index contributed by atoms with van der Waals surface area (Å²) in [6.07, 6.45) is 2.02. The minimum absolute atomic E-state index is 0.133. The Morgan fingerprint density at radius 3 is 2.75 bits per heavy atom. The highest BCUT2D eigenvalue weighted by atomic mass is 35.5. The highest BCUT2D eigenvalue weighted by molar-refractivity contribution is 7.89. The van der Waals surface area contributed by atoms with Crippen LogP contribution in [0.15, 0.2) is 23.2 Å². The van der Waals surface area contributed by atoms with E-state index in [0.717, 1.165) is 39.3 Å². The van der Waals surface area contributed by atoms with Crippen LogP contribution in [0, 0.1) is 0 Å². The Labute approximate surface area is 124 Å². The quantitative estimate of drug-likeness (QED) is 0.618. The van der Waals surface area contributed by atoms with Gasteiger partial charge in [-0.2, -0.15) is 0 Å². The van der Waals surface area contributed by atoms with E-state index in [1.165, 1.54) is 18.3 Å². The first-order valence-corrected chi connectivity index (χ1v) is 8.35. The van der Waals surface area contributed by atoms with E-state index < -0.39 is 10.0 Å². The zero-order chi connectivity index (χ0) is 14.4. The molecular formula is C12H18ClN3O3S. The number of nitrogens with zero attached hydrogens (tertiary/aromatic N) is 2. The van der Waals surface area contributed by atoms with Gasteiger partial charge in [0, 0.05) is 25.8 Å². The van der Waals surface area contributed by atoms with E-state index in [2.05, 4.69) is 14.6 Å². The van der Waals surface area contributed by atoms with Crippen molar-refractivity contribution in [2.75, 3.05) is 39.4 Å². The second-order valence-corrected chi connectivity index (χ2v) is 6.68. The number of ether oxygens (including phenoxy) is 1. The summed E-state index contributed by atoms with van der Waals surface area (Å²) >= 11 is 5.63. The van der Waals surface area contributed by atoms with Gasteiger partial charge in [0.25, 0.3) is 0 Å². The Bertz CT molecular complexity index is 515. The fourth-order valence-corrected chi connectivity index (χ4v) is 3.07. The first kappa shape index (κ1) is 15.7. The SMILES string of the molecule is O=S(=O)(NCCCN1CCOCC1)c1ccc(Cl)nc1. The second-order valence-electron chi connectivity index (χ2n) is 4.52. The number of sulfonamides is 1. The van der Waals surface area contributed by atoms with Gasteiger partial charge < -0.3 is 4.74 Å². The largest absolute Gasteiger partial charge is 0.379 e. The molecule has 0 bridgehead atoms. The summed E-state index contributed by atoms with van der Waals surface area (Å²) in [4.78, 5) is 6.17. The van der Waals surface area contributed by atoms with Gasteiger partial charge in [-0.1, -0.05) is 11.6 Å². The molecule has 0 unspecified atom stereocenters. The van der Waals surface area contributed by atoms with E-state index in [1.807, 2.05) is 0 Å². The van der Waals surface area contributed by atoms with Crippen molar-refractivity contribution in [1.82, 2.24) is 14.6 Å². The Balaban J connectivity index is 1.76. The van der Waals surface area contributed by atoms with E-state index in [0.29, 0.717) is 6.54 Å². The van der Waals surface area contributed by atoms with Crippen molar-refractivity contribution >= 4 is 21.6 Å². The van der Waals surface area contributed by atoms with Gasteiger partial charge in [0.05, 0.1) is 13.2 Å². The summed E-state index contributed by atoms with van der Waals surface area (Å²) in [5, 5.41) is 0.274. The molecule has 1 fully saturated rings. The van der Waals surface area contributed by atoms with Crippen molar-refractivity contribution < 1.29 is 13.2 Å². The zero-order valence-electron chi connectivity index (χ0n) is 11.1. The van der Waals surface area contributed by atoms with Gasteiger partial charge in [-0.05, 0) is 25.1 Å². The third-order valence-corrected chi connectivity index (χ3v) is 4.73. The van der Waals surface area contributed by atoms with Gasteiger partial charge in [-0.3, -0.25) is 4.90 Å². The van der Waals surface area contributed by atoms with Gasteiger partial charge in [0.15, 0.2) is 0 Å². The standard InChI is InChI=1S/C12H18ClN3O3S/c13-12-3-2-11(10-14-12)20(17,18)15-4-1-5-16-6-8-19-9-7-16/h2-3,10,15H,1,4-9H2. The average molecular weight is 320 g/mol. The molecule has 0 atom stereocenters. The Kier molecular flexibility index (Phi) is 5.74. The van der Waals surface area contributed by atoms with Crippen LogP contribution < -0.4 is 4.72 Å². The maximum absolute atomic E-state index is 12.0. The van der Waals surface area contributed by atoms with Crippen LogP contribution in [0.3, 0.4) is 0 Å². The number of nitrogens with one attached hydrogen (secondary N) is 1. The van der Waals surface area contributed by atoms with E-state index in [1.54, 1.807) is 0 Å². The van der Waals surface area contributed by atoms with Gasteiger partial charge in [-0.15, -0.1) is 0 Å². The van der Waals surface area contributed by atoms with Crippen LogP contribution in [0.1, 0.15) is 6.42 Å². The van der Waals surface area contributed by atoms with Crippen LogP contribution in [-0.2, 0) is 14.8 Å². The summed E-state index contributed by atoms with van der Waals surface area (Å²) < 4.78 is 31.8. The Morgan fingerprint density at radius 1 is 1.35 bits per heavy atom. The predicted octanol–water partition coefficient (Wildman–Crippen LogP) is 0.736. The average Bonchev–Trinajstić information content (AvgIpc) is 2.45. The molecule has 1 aliphatic heterocycles. The van der Waals surface area contributed by atoms with E-state index in [9.17, 15) is 8.42 Å². The maximum atomic E-state index is 12.0. The molecular weight excluding hydrogens is 302 g/mol. The lowest BCUT2D eigenvalue weighted by Gasteiger charge is -2.26. The lowest BCUT2D eigenvalue weighted by atomic mass is 10.3. The highest BCUT2D eigenvalue weighted by Gasteiger charge is 2.14. The molecule has 20 heavy (non-hydrogen) atoms. The molecule has 1 aromatic heterocycles. The number of aromatic nitrogens is 1. The molecule has 0 aliphatic carbocycles. The van der Waals surface area contributed by atoms with Crippen molar-refractivity contribution in [3.63, 3.8) is 0 Å². The van der Waals surface area contributed by atoms with E-state index in [4.69, 9.17) is 16.3 Å². The summed E-state index contributed by atoms with van der Waals surface area (Å²) in [6, 6.07) is 2.91. The lowest BCUT2D eigenvalue weighted by molar-refractivity contribution is 0.0376. The third-order valence-electron chi connectivity index (χ3n) is 3.06. The molecule has 0 saturated carbocycles. The smallest absolute Gasteiger partial charge is 0.242 e. The van der Waals surface area contributed by atoms with E-state index >= 15 is 0 Å². The minimum atomic E-state index is -3.49. The lowest BCUT2D eigenvalue weighted by Crippen LogP contribution is -2.38. The molecule has 8 heteroatoms. The normalized spacial score (nSPS) is 17.2. The van der Waals surface area contributed by atoms with Gasteiger partial charge in [0.1, 0.15) is 10.0 Å². The van der Waals surface area contributed by atoms with Gasteiger partial charge >= 0.3 is 0 Å². The third kappa shape index (κ3) is 4.68. The van der Waals surface area contributed by atoms with Crippen molar-refractivity contribution in [2.24, 2.45) is 0 Å². The summed E-state index contributed by atoms with van der Waals surface area (Å²) in [5.74, 6) is 0. The molecule has 1 aromatic rings. The monoisotopic (exact) mass is 319 g/mol. The van der Waals surface area contributed by atoms with Crippen LogP contribution in [0.4, 0.5) is 0 Å². The fourth-order valence-electron chi connectivity index (χ4n) is 1.94. The van der Waals surface area contributed by atoms with Crippen LogP contribution in [0.25, 0.3) is 0 Å². The second kappa shape index (κ2) is 7.33. The first-order valence-electron chi connectivity index (χ1n) is 6.49. The zero-order valence-corrected chi connectivity index (χ0v) is 12.7. The molecule has 2 rings (SSSR count).